The van der Waals surface area contributed by atoms with Crippen LogP contribution in [0, 0.1) is 0 Å². The highest BCUT2D eigenvalue weighted by Crippen LogP contribution is 2.17. The second-order valence-electron chi connectivity index (χ2n) is 3.44. The molecule has 5 heteroatoms. The Balaban J connectivity index is 2.93. The summed E-state index contributed by atoms with van der Waals surface area (Å²) < 4.78 is 4.86. The highest BCUT2D eigenvalue weighted by Gasteiger charge is 2.30. The van der Waals surface area contributed by atoms with E-state index in [1.54, 1.807) is 30.8 Å². The molecule has 0 aromatic rings. The van der Waals surface area contributed by atoms with Crippen molar-refractivity contribution >= 4 is 11.9 Å². The van der Waals surface area contributed by atoms with Crippen LogP contribution < -0.4 is 0 Å². The van der Waals surface area contributed by atoms with Crippen molar-refractivity contribution in [3.63, 3.8) is 0 Å². The Bertz CT molecular complexity index is 312. The fourth-order valence-electron chi connectivity index (χ4n) is 1.37. The minimum atomic E-state index is -0.451. The molecule has 15 heavy (non-hydrogen) atoms. The summed E-state index contributed by atoms with van der Waals surface area (Å²) in [5.74, 6) is -0.628. The SMILES string of the molecule is CCOC(=O)C1=CC(=O)N(C)C(C)N1C. The van der Waals surface area contributed by atoms with E-state index < -0.39 is 5.97 Å². The maximum Gasteiger partial charge on any atom is 0.354 e. The Morgan fingerprint density at radius 1 is 1.47 bits per heavy atom. The first-order chi connectivity index (χ1) is 6.99. The largest absolute Gasteiger partial charge is 0.461 e. The zero-order chi connectivity index (χ0) is 11.6. The van der Waals surface area contributed by atoms with E-state index in [0.717, 1.165) is 0 Å². The molecule has 5 nitrogen and oxygen atoms in total. The first-order valence-electron chi connectivity index (χ1n) is 4.87. The van der Waals surface area contributed by atoms with Gasteiger partial charge in [-0.2, -0.15) is 0 Å². The Hall–Kier alpha value is -1.52. The van der Waals surface area contributed by atoms with Gasteiger partial charge in [-0.3, -0.25) is 4.79 Å². The van der Waals surface area contributed by atoms with Gasteiger partial charge in [0.05, 0.1) is 6.61 Å². The molecule has 0 saturated carbocycles. The van der Waals surface area contributed by atoms with Crippen molar-refractivity contribution in [1.29, 1.82) is 0 Å². The number of hydrogen-bond acceptors (Lipinski definition) is 4. The number of carbonyl (C=O) groups excluding carboxylic acids is 2. The molecular weight excluding hydrogens is 196 g/mol. The smallest absolute Gasteiger partial charge is 0.354 e. The summed E-state index contributed by atoms with van der Waals surface area (Å²) in [7, 11) is 3.46. The lowest BCUT2D eigenvalue weighted by Gasteiger charge is -2.37. The number of hydrogen-bond donors (Lipinski definition) is 0. The minimum absolute atomic E-state index is 0.137. The number of carbonyl (C=O) groups is 2. The van der Waals surface area contributed by atoms with Crippen molar-refractivity contribution < 1.29 is 14.3 Å². The summed E-state index contributed by atoms with van der Waals surface area (Å²) in [6, 6.07) is 0. The van der Waals surface area contributed by atoms with Crippen LogP contribution >= 0.6 is 0 Å². The summed E-state index contributed by atoms with van der Waals surface area (Å²) in [5, 5.41) is 0. The average Bonchev–Trinajstić information content (AvgIpc) is 2.20. The van der Waals surface area contributed by atoms with Gasteiger partial charge in [-0.05, 0) is 13.8 Å². The van der Waals surface area contributed by atoms with E-state index in [1.807, 2.05) is 6.92 Å². The zero-order valence-corrected chi connectivity index (χ0v) is 9.48. The van der Waals surface area contributed by atoms with Crippen LogP contribution in [0.5, 0.6) is 0 Å². The van der Waals surface area contributed by atoms with Gasteiger partial charge in [-0.15, -0.1) is 0 Å². The molecule has 0 saturated heterocycles. The molecule has 0 aliphatic carbocycles. The quantitative estimate of drug-likeness (QED) is 0.613. The standard InChI is InChI=1S/C10H16N2O3/c1-5-15-10(14)8-6-9(13)12(4)7(2)11(8)3/h6-7H,5H2,1-4H3. The van der Waals surface area contributed by atoms with Gasteiger partial charge in [0.1, 0.15) is 11.9 Å². The molecule has 1 aliphatic rings. The predicted octanol–water partition coefficient (Wildman–Crippen LogP) is 0.183. The van der Waals surface area contributed by atoms with Crippen LogP contribution in [-0.2, 0) is 14.3 Å². The van der Waals surface area contributed by atoms with E-state index in [9.17, 15) is 9.59 Å². The molecule has 84 valence electrons. The van der Waals surface area contributed by atoms with Gasteiger partial charge in [0.25, 0.3) is 0 Å². The van der Waals surface area contributed by atoms with Crippen molar-refractivity contribution in [1.82, 2.24) is 9.80 Å². The lowest BCUT2D eigenvalue weighted by Crippen LogP contribution is -2.50. The van der Waals surface area contributed by atoms with Crippen molar-refractivity contribution in [2.75, 3.05) is 20.7 Å². The lowest BCUT2D eigenvalue weighted by atomic mass is 10.2. The fraction of sp³-hybridized carbons (Fsp3) is 0.600. The Labute approximate surface area is 89.3 Å². The average molecular weight is 212 g/mol. The van der Waals surface area contributed by atoms with Crippen LogP contribution in [0.4, 0.5) is 0 Å². The Kier molecular flexibility index (Phi) is 3.34. The van der Waals surface area contributed by atoms with Crippen LogP contribution in [0.2, 0.25) is 0 Å². The topological polar surface area (TPSA) is 49.9 Å². The summed E-state index contributed by atoms with van der Waals surface area (Å²) in [5.41, 5.74) is 0.312. The van der Waals surface area contributed by atoms with E-state index in [0.29, 0.717) is 12.3 Å². The predicted molar refractivity (Wildman–Crippen MR) is 54.7 cm³/mol. The molecular formula is C10H16N2O3. The molecule has 0 N–H and O–H groups in total. The van der Waals surface area contributed by atoms with Crippen LogP contribution in [-0.4, -0.2) is 48.5 Å². The number of amides is 1. The van der Waals surface area contributed by atoms with Gasteiger partial charge in [-0.25, -0.2) is 4.79 Å². The normalized spacial score (nSPS) is 21.5. The summed E-state index contributed by atoms with van der Waals surface area (Å²) in [4.78, 5) is 26.3. The summed E-state index contributed by atoms with van der Waals surface area (Å²) >= 11 is 0. The molecule has 0 radical (unpaired) electrons. The van der Waals surface area contributed by atoms with Crippen LogP contribution in [0.15, 0.2) is 11.8 Å². The molecule has 1 rings (SSSR count). The van der Waals surface area contributed by atoms with Crippen molar-refractivity contribution in [2.45, 2.75) is 20.0 Å². The van der Waals surface area contributed by atoms with Gasteiger partial charge in [-0.1, -0.05) is 0 Å². The number of rotatable bonds is 2. The molecule has 1 aliphatic heterocycles. The van der Waals surface area contributed by atoms with Gasteiger partial charge in [0.2, 0.25) is 5.91 Å². The monoisotopic (exact) mass is 212 g/mol. The number of ether oxygens (including phenoxy) is 1. The molecule has 0 aromatic heterocycles. The van der Waals surface area contributed by atoms with E-state index in [4.69, 9.17) is 4.74 Å². The molecule has 1 atom stereocenters. The third-order valence-corrected chi connectivity index (χ3v) is 2.59. The summed E-state index contributed by atoms with van der Waals surface area (Å²) in [6.45, 7) is 3.89. The molecule has 1 unspecified atom stereocenters. The molecule has 0 fully saturated rings. The second kappa shape index (κ2) is 4.33. The minimum Gasteiger partial charge on any atom is -0.461 e. The fourth-order valence-corrected chi connectivity index (χ4v) is 1.37. The van der Waals surface area contributed by atoms with Crippen LogP contribution in [0.25, 0.3) is 0 Å². The highest BCUT2D eigenvalue weighted by molar-refractivity contribution is 5.99. The first-order valence-corrected chi connectivity index (χ1v) is 4.87. The Morgan fingerprint density at radius 2 is 2.07 bits per heavy atom. The number of likely N-dealkylation sites (N-methyl/N-ethyl adjacent to an activating group) is 2. The number of nitrogens with zero attached hydrogens (tertiary/aromatic N) is 2. The molecule has 0 bridgehead atoms. The molecule has 0 spiro atoms. The third kappa shape index (κ3) is 2.11. The van der Waals surface area contributed by atoms with Gasteiger partial charge in [0.15, 0.2) is 0 Å². The van der Waals surface area contributed by atoms with Crippen molar-refractivity contribution in [2.24, 2.45) is 0 Å². The molecule has 1 heterocycles. The summed E-state index contributed by atoms with van der Waals surface area (Å²) in [6.07, 6.45) is 1.17. The number of esters is 1. The second-order valence-corrected chi connectivity index (χ2v) is 3.44. The van der Waals surface area contributed by atoms with E-state index in [-0.39, 0.29) is 12.1 Å². The van der Waals surface area contributed by atoms with E-state index >= 15 is 0 Å². The first kappa shape index (κ1) is 11.6. The Morgan fingerprint density at radius 3 is 2.60 bits per heavy atom. The van der Waals surface area contributed by atoms with Gasteiger partial charge in [0, 0.05) is 20.2 Å². The van der Waals surface area contributed by atoms with E-state index in [2.05, 4.69) is 0 Å². The maximum atomic E-state index is 11.5. The van der Waals surface area contributed by atoms with Gasteiger partial charge < -0.3 is 14.5 Å². The molecule has 0 aromatic carbocycles. The maximum absolute atomic E-state index is 11.5. The molecule has 1 amide bonds. The van der Waals surface area contributed by atoms with Crippen molar-refractivity contribution in [3.8, 4) is 0 Å². The highest BCUT2D eigenvalue weighted by atomic mass is 16.5. The zero-order valence-electron chi connectivity index (χ0n) is 9.48. The lowest BCUT2D eigenvalue weighted by molar-refractivity contribution is -0.144. The van der Waals surface area contributed by atoms with Crippen LogP contribution in [0.3, 0.4) is 0 Å². The van der Waals surface area contributed by atoms with Gasteiger partial charge >= 0.3 is 5.97 Å². The van der Waals surface area contributed by atoms with E-state index in [1.165, 1.54) is 6.08 Å². The van der Waals surface area contributed by atoms with Crippen molar-refractivity contribution in [3.05, 3.63) is 11.8 Å². The van der Waals surface area contributed by atoms with Crippen LogP contribution in [0.1, 0.15) is 13.8 Å². The third-order valence-electron chi connectivity index (χ3n) is 2.59.